The molecule has 0 saturated carbocycles. The van der Waals surface area contributed by atoms with E-state index in [0.717, 1.165) is 11.1 Å². The third-order valence-electron chi connectivity index (χ3n) is 3.54. The van der Waals surface area contributed by atoms with Crippen LogP contribution in [0.1, 0.15) is 11.1 Å². The normalized spacial score (nSPS) is 11.8. The average molecular weight is 357 g/mol. The molecule has 0 fully saturated rings. The van der Waals surface area contributed by atoms with E-state index in [-0.39, 0.29) is 10.7 Å². The summed E-state index contributed by atoms with van der Waals surface area (Å²) in [6.45, 7) is 0. The van der Waals surface area contributed by atoms with Gasteiger partial charge >= 0.3 is 0 Å². The quantitative estimate of drug-likeness (QED) is 0.515. The molecule has 0 amide bonds. The maximum atomic E-state index is 13.7. The van der Waals surface area contributed by atoms with E-state index in [1.54, 1.807) is 36.4 Å². The molecule has 0 radical (unpaired) electrons. The van der Waals surface area contributed by atoms with Crippen molar-refractivity contribution in [3.63, 3.8) is 0 Å². The summed E-state index contributed by atoms with van der Waals surface area (Å²) in [5.41, 5.74) is 1.57. The number of sulfone groups is 1. The van der Waals surface area contributed by atoms with Crippen LogP contribution in [0.2, 0.25) is 0 Å². The Balaban J connectivity index is 1.85. The minimum Gasteiger partial charge on any atom is -0.227 e. The molecule has 0 N–H and O–H groups in total. The SMILES string of the molecule is O=S(=O)(c1ccc(C=Cc2ccc(F)cc2)cc1)c1cccnc1F. The number of hydrogen-bond donors (Lipinski definition) is 0. The molecule has 25 heavy (non-hydrogen) atoms. The minimum absolute atomic E-state index is 0.0154. The smallest absolute Gasteiger partial charge is 0.227 e. The van der Waals surface area contributed by atoms with Crippen molar-refractivity contribution < 1.29 is 17.2 Å². The second kappa shape index (κ2) is 6.94. The van der Waals surface area contributed by atoms with Crippen molar-refractivity contribution in [2.75, 3.05) is 0 Å². The Hall–Kier alpha value is -2.86. The highest BCUT2D eigenvalue weighted by Crippen LogP contribution is 2.23. The maximum Gasteiger partial charge on any atom is 0.232 e. The van der Waals surface area contributed by atoms with Crippen LogP contribution in [0.15, 0.2) is 76.7 Å². The van der Waals surface area contributed by atoms with Crippen LogP contribution in [0.5, 0.6) is 0 Å². The lowest BCUT2D eigenvalue weighted by Crippen LogP contribution is -2.05. The number of aromatic nitrogens is 1. The molecule has 1 aromatic heterocycles. The van der Waals surface area contributed by atoms with Gasteiger partial charge in [-0.2, -0.15) is 4.39 Å². The van der Waals surface area contributed by atoms with E-state index in [1.807, 2.05) is 0 Å². The molecule has 3 nitrogen and oxygen atoms in total. The summed E-state index contributed by atoms with van der Waals surface area (Å²) in [5.74, 6) is -1.34. The molecule has 2 aromatic carbocycles. The van der Waals surface area contributed by atoms with Crippen LogP contribution < -0.4 is 0 Å². The summed E-state index contributed by atoms with van der Waals surface area (Å²) in [7, 11) is -3.96. The molecule has 0 saturated heterocycles. The van der Waals surface area contributed by atoms with Crippen LogP contribution in [0, 0.1) is 11.8 Å². The fourth-order valence-corrected chi connectivity index (χ4v) is 3.50. The summed E-state index contributed by atoms with van der Waals surface area (Å²) in [6.07, 6.45) is 4.75. The zero-order valence-electron chi connectivity index (χ0n) is 12.9. The Kier molecular flexibility index (Phi) is 4.72. The van der Waals surface area contributed by atoms with E-state index in [4.69, 9.17) is 0 Å². The number of halogens is 2. The zero-order valence-corrected chi connectivity index (χ0v) is 13.7. The monoisotopic (exact) mass is 357 g/mol. The first-order valence-corrected chi connectivity index (χ1v) is 8.84. The first kappa shape index (κ1) is 17.0. The van der Waals surface area contributed by atoms with E-state index < -0.39 is 20.7 Å². The van der Waals surface area contributed by atoms with Gasteiger partial charge < -0.3 is 0 Å². The van der Waals surface area contributed by atoms with E-state index in [9.17, 15) is 17.2 Å². The van der Waals surface area contributed by atoms with E-state index >= 15 is 0 Å². The van der Waals surface area contributed by atoms with Gasteiger partial charge in [0, 0.05) is 6.20 Å². The van der Waals surface area contributed by atoms with Gasteiger partial charge in [-0.3, -0.25) is 0 Å². The van der Waals surface area contributed by atoms with Crippen LogP contribution in [-0.2, 0) is 9.84 Å². The molecule has 0 bridgehead atoms. The average Bonchev–Trinajstić information content (AvgIpc) is 2.62. The lowest BCUT2D eigenvalue weighted by Gasteiger charge is -2.05. The third kappa shape index (κ3) is 3.80. The number of hydrogen-bond acceptors (Lipinski definition) is 3. The Labute approximate surface area is 144 Å². The van der Waals surface area contributed by atoms with Crippen molar-refractivity contribution in [1.82, 2.24) is 4.98 Å². The molecule has 0 atom stereocenters. The number of nitrogens with zero attached hydrogens (tertiary/aromatic N) is 1. The number of pyridine rings is 1. The molecular weight excluding hydrogens is 344 g/mol. The summed E-state index contributed by atoms with van der Waals surface area (Å²) in [4.78, 5) is 2.90. The van der Waals surface area contributed by atoms with Gasteiger partial charge in [-0.05, 0) is 47.5 Å². The van der Waals surface area contributed by atoms with E-state index in [2.05, 4.69) is 4.98 Å². The second-order valence-electron chi connectivity index (χ2n) is 5.25. The fraction of sp³-hybridized carbons (Fsp3) is 0. The van der Waals surface area contributed by atoms with Gasteiger partial charge in [0.05, 0.1) is 4.90 Å². The van der Waals surface area contributed by atoms with Crippen LogP contribution >= 0.6 is 0 Å². The second-order valence-corrected chi connectivity index (χ2v) is 7.17. The Morgan fingerprint density at radius 1 is 0.800 bits per heavy atom. The summed E-state index contributed by atoms with van der Waals surface area (Å²) in [6, 6.07) is 14.6. The Morgan fingerprint density at radius 2 is 1.36 bits per heavy atom. The maximum absolute atomic E-state index is 13.7. The Morgan fingerprint density at radius 3 is 1.92 bits per heavy atom. The topological polar surface area (TPSA) is 47.0 Å². The first-order chi connectivity index (χ1) is 12.0. The molecule has 0 aliphatic rings. The highest BCUT2D eigenvalue weighted by Gasteiger charge is 2.21. The molecule has 0 aliphatic heterocycles. The molecule has 1 heterocycles. The molecule has 6 heteroatoms. The predicted molar refractivity (Wildman–Crippen MR) is 91.4 cm³/mol. The molecule has 0 unspecified atom stereocenters. The van der Waals surface area contributed by atoms with Crippen molar-refractivity contribution in [3.05, 3.63) is 89.8 Å². The van der Waals surface area contributed by atoms with Crippen LogP contribution in [0.3, 0.4) is 0 Å². The van der Waals surface area contributed by atoms with Crippen molar-refractivity contribution in [1.29, 1.82) is 0 Å². The van der Waals surface area contributed by atoms with Gasteiger partial charge in [0.25, 0.3) is 0 Å². The predicted octanol–water partition coefficient (Wildman–Crippen LogP) is 4.36. The van der Waals surface area contributed by atoms with E-state index in [1.165, 1.54) is 42.6 Å². The molecular formula is C19H13F2NO2S. The fourth-order valence-electron chi connectivity index (χ4n) is 2.22. The van der Waals surface area contributed by atoms with Crippen LogP contribution in [0.25, 0.3) is 12.2 Å². The molecule has 0 spiro atoms. The van der Waals surface area contributed by atoms with Gasteiger partial charge in [0.2, 0.25) is 15.8 Å². The summed E-state index contributed by atoms with van der Waals surface area (Å²) in [5, 5.41) is 0. The summed E-state index contributed by atoms with van der Waals surface area (Å²) < 4.78 is 51.4. The molecule has 3 aromatic rings. The largest absolute Gasteiger partial charge is 0.232 e. The van der Waals surface area contributed by atoms with Gasteiger partial charge in [0.1, 0.15) is 10.7 Å². The van der Waals surface area contributed by atoms with Crippen molar-refractivity contribution in [2.45, 2.75) is 9.79 Å². The lowest BCUT2D eigenvalue weighted by atomic mass is 10.1. The third-order valence-corrected chi connectivity index (χ3v) is 5.32. The Bertz CT molecular complexity index is 1010. The van der Waals surface area contributed by atoms with Gasteiger partial charge in [-0.15, -0.1) is 0 Å². The number of benzene rings is 2. The van der Waals surface area contributed by atoms with Crippen LogP contribution in [0.4, 0.5) is 8.78 Å². The summed E-state index contributed by atoms with van der Waals surface area (Å²) >= 11 is 0. The van der Waals surface area contributed by atoms with Crippen molar-refractivity contribution in [2.24, 2.45) is 0 Å². The van der Waals surface area contributed by atoms with Gasteiger partial charge in [-0.1, -0.05) is 36.4 Å². The van der Waals surface area contributed by atoms with Gasteiger partial charge in [-0.25, -0.2) is 17.8 Å². The van der Waals surface area contributed by atoms with Gasteiger partial charge in [0.15, 0.2) is 0 Å². The highest BCUT2D eigenvalue weighted by molar-refractivity contribution is 7.91. The lowest BCUT2D eigenvalue weighted by molar-refractivity contribution is 0.538. The van der Waals surface area contributed by atoms with Crippen molar-refractivity contribution >= 4 is 22.0 Å². The first-order valence-electron chi connectivity index (χ1n) is 7.36. The minimum atomic E-state index is -3.96. The van der Waals surface area contributed by atoms with Crippen molar-refractivity contribution in [3.8, 4) is 0 Å². The highest BCUT2D eigenvalue weighted by atomic mass is 32.2. The number of rotatable bonds is 4. The molecule has 126 valence electrons. The van der Waals surface area contributed by atoms with Crippen LogP contribution in [-0.4, -0.2) is 13.4 Å². The molecule has 0 aliphatic carbocycles. The zero-order chi connectivity index (χ0) is 17.9. The van der Waals surface area contributed by atoms with E-state index in [0.29, 0.717) is 0 Å². The standard InChI is InChI=1S/C19H13F2NO2S/c20-16-9-5-14(6-10-16)3-4-15-7-11-17(12-8-15)25(23,24)18-2-1-13-22-19(18)21/h1-13H. The molecule has 3 rings (SSSR count).